The Kier molecular flexibility index (Phi) is 7.11. The predicted molar refractivity (Wildman–Crippen MR) is 129 cm³/mol. The monoisotopic (exact) mass is 470 g/mol. The van der Waals surface area contributed by atoms with E-state index in [4.69, 9.17) is 0 Å². The Labute approximate surface area is 194 Å². The van der Waals surface area contributed by atoms with Gasteiger partial charge in [0.15, 0.2) is 9.84 Å². The van der Waals surface area contributed by atoms with Crippen LogP contribution < -0.4 is 10.6 Å². The molecule has 2 N–H and O–H groups in total. The van der Waals surface area contributed by atoms with Crippen molar-refractivity contribution in [1.29, 1.82) is 0 Å². The summed E-state index contributed by atoms with van der Waals surface area (Å²) in [7, 11) is -2.90. The molecule has 0 aromatic heterocycles. The van der Waals surface area contributed by atoms with Crippen LogP contribution in [-0.4, -0.2) is 80.3 Å². The third kappa shape index (κ3) is 6.19. The zero-order valence-corrected chi connectivity index (χ0v) is 19.6. The Morgan fingerprint density at radius 3 is 2.45 bits per heavy atom. The lowest BCUT2D eigenvalue weighted by Gasteiger charge is -2.37. The van der Waals surface area contributed by atoms with Gasteiger partial charge in [-0.3, -0.25) is 19.4 Å². The molecule has 0 radical (unpaired) electrons. The van der Waals surface area contributed by atoms with Crippen molar-refractivity contribution < 1.29 is 18.0 Å². The number of hydrogen-bond acceptors (Lipinski definition) is 6. The fraction of sp³-hybridized carbons (Fsp3) is 0.417. The van der Waals surface area contributed by atoms with Crippen molar-refractivity contribution in [3.63, 3.8) is 0 Å². The molecule has 2 saturated heterocycles. The predicted octanol–water partition coefficient (Wildman–Crippen LogP) is 1.99. The number of aryl methyl sites for hydroxylation is 1. The minimum Gasteiger partial charge on any atom is -0.324 e. The number of rotatable bonds is 6. The Bertz CT molecular complexity index is 1130. The molecule has 0 spiro atoms. The largest absolute Gasteiger partial charge is 0.324 e. The van der Waals surface area contributed by atoms with Gasteiger partial charge in [-0.25, -0.2) is 8.42 Å². The van der Waals surface area contributed by atoms with Crippen LogP contribution in [-0.2, 0) is 14.6 Å². The van der Waals surface area contributed by atoms with Gasteiger partial charge in [-0.05, 0) is 43.2 Å². The van der Waals surface area contributed by atoms with E-state index in [-0.39, 0.29) is 35.9 Å². The zero-order chi connectivity index (χ0) is 23.4. The molecule has 1 unspecified atom stereocenters. The van der Waals surface area contributed by atoms with Gasteiger partial charge in [0.05, 0.1) is 29.3 Å². The van der Waals surface area contributed by atoms with Crippen molar-refractivity contribution >= 4 is 33.0 Å². The van der Waals surface area contributed by atoms with Crippen molar-refractivity contribution in [2.45, 2.75) is 19.4 Å². The average Bonchev–Trinajstić information content (AvgIpc) is 3.14. The zero-order valence-electron chi connectivity index (χ0n) is 18.8. The van der Waals surface area contributed by atoms with Gasteiger partial charge in [0, 0.05) is 37.9 Å². The number of amides is 2. The molecule has 4 rings (SSSR count). The first-order valence-electron chi connectivity index (χ1n) is 11.2. The maximum Gasteiger partial charge on any atom is 0.257 e. The Morgan fingerprint density at radius 2 is 1.76 bits per heavy atom. The van der Waals surface area contributed by atoms with Crippen LogP contribution in [0.15, 0.2) is 48.5 Å². The molecule has 2 aromatic carbocycles. The van der Waals surface area contributed by atoms with Crippen LogP contribution in [0.2, 0.25) is 0 Å². The summed E-state index contributed by atoms with van der Waals surface area (Å²) in [4.78, 5) is 29.8. The number of carbonyl (C=O) groups is 2. The van der Waals surface area contributed by atoms with Gasteiger partial charge in [-0.2, -0.15) is 0 Å². The van der Waals surface area contributed by atoms with Gasteiger partial charge in [0.2, 0.25) is 5.91 Å². The summed E-state index contributed by atoms with van der Waals surface area (Å²) in [5.74, 6) is 0.0609. The summed E-state index contributed by atoms with van der Waals surface area (Å²) in [5.41, 5.74) is 2.63. The van der Waals surface area contributed by atoms with E-state index in [1.54, 1.807) is 24.3 Å². The number of nitrogens with one attached hydrogen (secondary N) is 2. The molecule has 33 heavy (non-hydrogen) atoms. The average molecular weight is 471 g/mol. The van der Waals surface area contributed by atoms with Gasteiger partial charge < -0.3 is 10.6 Å². The van der Waals surface area contributed by atoms with E-state index in [9.17, 15) is 18.0 Å². The summed E-state index contributed by atoms with van der Waals surface area (Å²) in [6.07, 6.45) is 0.699. The molecule has 0 bridgehead atoms. The second-order valence-electron chi connectivity index (χ2n) is 8.79. The lowest BCUT2D eigenvalue weighted by atomic mass is 10.1. The number of nitrogens with zero attached hydrogens (tertiary/aromatic N) is 2. The van der Waals surface area contributed by atoms with Crippen molar-refractivity contribution in [3.8, 4) is 0 Å². The van der Waals surface area contributed by atoms with Crippen LogP contribution in [0.4, 0.5) is 11.4 Å². The number of benzene rings is 2. The molecular formula is C24H30N4O4S. The van der Waals surface area contributed by atoms with E-state index in [1.165, 1.54) is 0 Å². The van der Waals surface area contributed by atoms with E-state index in [0.29, 0.717) is 36.4 Å². The molecule has 8 nitrogen and oxygen atoms in total. The first kappa shape index (κ1) is 23.4. The number of piperazine rings is 1. The standard InChI is InChI=1S/C24H30N4O4S/c1-18-5-4-6-19(15-18)25-24(30)21-7-2-3-8-22(21)26-23(29)16-27-10-12-28(13-11-27)20-9-14-33(31,32)17-20/h2-8,15,20H,9-14,16-17H2,1H3,(H,25,30)(H,26,29). The second-order valence-corrected chi connectivity index (χ2v) is 11.0. The molecule has 0 saturated carbocycles. The van der Waals surface area contributed by atoms with Crippen molar-refractivity contribution in [3.05, 3.63) is 59.7 Å². The number of sulfone groups is 1. The molecule has 2 aliphatic heterocycles. The number of carbonyl (C=O) groups excluding carboxylic acids is 2. The van der Waals surface area contributed by atoms with Crippen LogP contribution in [0, 0.1) is 6.92 Å². The molecule has 2 heterocycles. The SMILES string of the molecule is Cc1cccc(NC(=O)c2ccccc2NC(=O)CN2CCN(C3CCS(=O)(=O)C3)CC2)c1. The fourth-order valence-corrected chi connectivity index (χ4v) is 6.22. The number of anilines is 2. The summed E-state index contributed by atoms with van der Waals surface area (Å²) >= 11 is 0. The third-order valence-electron chi connectivity index (χ3n) is 6.22. The minimum absolute atomic E-state index is 0.102. The molecule has 2 aromatic rings. The first-order valence-corrected chi connectivity index (χ1v) is 13.0. The molecule has 1 atom stereocenters. The summed E-state index contributed by atoms with van der Waals surface area (Å²) < 4.78 is 23.5. The van der Waals surface area contributed by atoms with Gasteiger partial charge in [0.1, 0.15) is 0 Å². The van der Waals surface area contributed by atoms with Crippen molar-refractivity contribution in [2.24, 2.45) is 0 Å². The van der Waals surface area contributed by atoms with Crippen molar-refractivity contribution in [2.75, 3.05) is 54.9 Å². The van der Waals surface area contributed by atoms with E-state index < -0.39 is 9.84 Å². The molecule has 2 fully saturated rings. The van der Waals surface area contributed by atoms with Crippen LogP contribution >= 0.6 is 0 Å². The van der Waals surface area contributed by atoms with Gasteiger partial charge >= 0.3 is 0 Å². The minimum atomic E-state index is -2.90. The lowest BCUT2D eigenvalue weighted by molar-refractivity contribution is -0.117. The topological polar surface area (TPSA) is 98.8 Å². The van der Waals surface area contributed by atoms with E-state index in [1.807, 2.05) is 31.2 Å². The molecular weight excluding hydrogens is 440 g/mol. The lowest BCUT2D eigenvalue weighted by Crippen LogP contribution is -2.52. The summed E-state index contributed by atoms with van der Waals surface area (Å²) in [6.45, 7) is 5.11. The first-order chi connectivity index (χ1) is 15.8. The maximum atomic E-state index is 12.8. The Morgan fingerprint density at radius 1 is 1.00 bits per heavy atom. The van der Waals surface area contributed by atoms with Gasteiger partial charge in [0.25, 0.3) is 5.91 Å². The second kappa shape index (κ2) is 10.0. The molecule has 2 amide bonds. The quantitative estimate of drug-likeness (QED) is 0.670. The highest BCUT2D eigenvalue weighted by atomic mass is 32.2. The maximum absolute atomic E-state index is 12.8. The molecule has 2 aliphatic rings. The van der Waals surface area contributed by atoms with Crippen LogP contribution in [0.5, 0.6) is 0 Å². The van der Waals surface area contributed by atoms with Crippen LogP contribution in [0.1, 0.15) is 22.3 Å². The highest BCUT2D eigenvalue weighted by molar-refractivity contribution is 7.91. The van der Waals surface area contributed by atoms with Gasteiger partial charge in [-0.1, -0.05) is 24.3 Å². The molecule has 0 aliphatic carbocycles. The molecule has 176 valence electrons. The smallest absolute Gasteiger partial charge is 0.257 e. The molecule has 9 heteroatoms. The Balaban J connectivity index is 1.31. The normalized spacial score (nSPS) is 20.9. The third-order valence-corrected chi connectivity index (χ3v) is 7.97. The van der Waals surface area contributed by atoms with E-state index in [0.717, 1.165) is 18.7 Å². The highest BCUT2D eigenvalue weighted by Crippen LogP contribution is 2.20. The Hall–Kier alpha value is -2.75. The fourth-order valence-electron chi connectivity index (χ4n) is 4.45. The number of hydrogen-bond donors (Lipinski definition) is 2. The van der Waals surface area contributed by atoms with E-state index in [2.05, 4.69) is 20.4 Å². The van der Waals surface area contributed by atoms with Gasteiger partial charge in [-0.15, -0.1) is 0 Å². The van der Waals surface area contributed by atoms with Crippen molar-refractivity contribution in [1.82, 2.24) is 9.80 Å². The highest BCUT2D eigenvalue weighted by Gasteiger charge is 2.33. The number of para-hydroxylation sites is 1. The summed E-state index contributed by atoms with van der Waals surface area (Å²) in [6, 6.07) is 14.6. The van der Waals surface area contributed by atoms with Crippen LogP contribution in [0.25, 0.3) is 0 Å². The van der Waals surface area contributed by atoms with Crippen LogP contribution in [0.3, 0.4) is 0 Å². The van der Waals surface area contributed by atoms with E-state index >= 15 is 0 Å². The summed E-state index contributed by atoms with van der Waals surface area (Å²) in [5, 5.41) is 5.76.